The van der Waals surface area contributed by atoms with Gasteiger partial charge in [0.1, 0.15) is 5.41 Å². The number of carbonyl (C=O) groups excluding carboxylic acids is 1. The molecule has 5 rings (SSSR count). The van der Waals surface area contributed by atoms with Gasteiger partial charge in [-0.25, -0.2) is 5.01 Å². The van der Waals surface area contributed by atoms with Crippen LogP contribution in [0.5, 0.6) is 0 Å². The second kappa shape index (κ2) is 7.53. The summed E-state index contributed by atoms with van der Waals surface area (Å²) in [5.74, 6) is -0.124. The molecule has 146 valence electrons. The van der Waals surface area contributed by atoms with E-state index in [2.05, 4.69) is 35.8 Å². The van der Waals surface area contributed by atoms with E-state index in [9.17, 15) is 4.79 Å². The molecule has 0 saturated carbocycles. The van der Waals surface area contributed by atoms with Crippen LogP contribution in [0.1, 0.15) is 11.1 Å². The first-order valence-electron chi connectivity index (χ1n) is 10.1. The molecule has 1 aliphatic heterocycles. The highest BCUT2D eigenvalue weighted by Crippen LogP contribution is 2.51. The van der Waals surface area contributed by atoms with Gasteiger partial charge in [-0.2, -0.15) is 0 Å². The van der Waals surface area contributed by atoms with Crippen molar-refractivity contribution in [3.8, 4) is 0 Å². The number of para-hydroxylation sites is 1. The van der Waals surface area contributed by atoms with Crippen molar-refractivity contribution in [1.29, 1.82) is 0 Å². The summed E-state index contributed by atoms with van der Waals surface area (Å²) in [6.07, 6.45) is 10.2. The van der Waals surface area contributed by atoms with E-state index in [4.69, 9.17) is 0 Å². The average molecular weight is 390 g/mol. The van der Waals surface area contributed by atoms with Crippen molar-refractivity contribution in [2.75, 3.05) is 5.43 Å². The summed E-state index contributed by atoms with van der Waals surface area (Å²) in [6.45, 7) is 0. The third-order valence-electron chi connectivity index (χ3n) is 5.85. The molecule has 3 aromatic rings. The predicted octanol–water partition coefficient (Wildman–Crippen LogP) is 5.47. The third kappa shape index (κ3) is 2.79. The Kier molecular flexibility index (Phi) is 4.56. The maximum absolute atomic E-state index is 14.3. The van der Waals surface area contributed by atoms with Crippen LogP contribution in [0.25, 0.3) is 0 Å². The zero-order valence-corrected chi connectivity index (χ0v) is 16.5. The summed E-state index contributed by atoms with van der Waals surface area (Å²) < 4.78 is 0. The van der Waals surface area contributed by atoms with E-state index in [1.54, 1.807) is 5.01 Å². The van der Waals surface area contributed by atoms with E-state index in [1.807, 2.05) is 91.0 Å². The molecule has 0 spiro atoms. The van der Waals surface area contributed by atoms with E-state index in [-0.39, 0.29) is 11.8 Å². The van der Waals surface area contributed by atoms with E-state index < -0.39 is 5.41 Å². The van der Waals surface area contributed by atoms with Gasteiger partial charge in [-0.3, -0.25) is 10.2 Å². The molecule has 1 saturated heterocycles. The van der Waals surface area contributed by atoms with Crippen molar-refractivity contribution in [2.24, 2.45) is 5.92 Å². The van der Waals surface area contributed by atoms with Crippen LogP contribution in [-0.2, 0) is 10.2 Å². The highest BCUT2D eigenvalue weighted by molar-refractivity contribution is 5.98. The SMILES string of the molecule is O=C1N(Nc2ccccc2)C2=CC=CC=CC2C1(c1ccccc1)c1ccccc1. The number of hydrogen-bond acceptors (Lipinski definition) is 2. The first-order chi connectivity index (χ1) is 14.8. The molecule has 0 aromatic heterocycles. The Morgan fingerprint density at radius 3 is 1.87 bits per heavy atom. The fourth-order valence-electron chi connectivity index (χ4n) is 4.53. The molecule has 1 fully saturated rings. The largest absolute Gasteiger partial charge is 0.292 e. The lowest BCUT2D eigenvalue weighted by atomic mass is 9.66. The quantitative estimate of drug-likeness (QED) is 0.641. The number of fused-ring (bicyclic) bond motifs is 1. The molecule has 2 aliphatic rings. The van der Waals surface area contributed by atoms with Gasteiger partial charge in [-0.05, 0) is 29.3 Å². The number of allylic oxidation sites excluding steroid dienone is 5. The van der Waals surface area contributed by atoms with Crippen molar-refractivity contribution in [1.82, 2.24) is 5.01 Å². The molecule has 3 aromatic carbocycles. The summed E-state index contributed by atoms with van der Waals surface area (Å²) in [6, 6.07) is 30.0. The van der Waals surface area contributed by atoms with Crippen LogP contribution in [0.15, 0.2) is 127 Å². The van der Waals surface area contributed by atoms with Gasteiger partial charge in [0, 0.05) is 5.92 Å². The number of hydrogen-bond donors (Lipinski definition) is 1. The first kappa shape index (κ1) is 18.2. The lowest BCUT2D eigenvalue weighted by Gasteiger charge is -2.32. The van der Waals surface area contributed by atoms with Gasteiger partial charge in [0.05, 0.1) is 11.4 Å². The minimum Gasteiger partial charge on any atom is -0.292 e. The number of benzene rings is 3. The Hall–Kier alpha value is -3.85. The van der Waals surface area contributed by atoms with Crippen LogP contribution < -0.4 is 5.43 Å². The third-order valence-corrected chi connectivity index (χ3v) is 5.85. The number of rotatable bonds is 4. The lowest BCUT2D eigenvalue weighted by molar-refractivity contribution is -0.129. The highest BCUT2D eigenvalue weighted by atomic mass is 16.2. The smallest absolute Gasteiger partial charge is 0.261 e. The van der Waals surface area contributed by atoms with Gasteiger partial charge in [0.15, 0.2) is 0 Å². The molecular weight excluding hydrogens is 368 g/mol. The Morgan fingerprint density at radius 2 is 1.27 bits per heavy atom. The molecule has 1 N–H and O–H groups in total. The van der Waals surface area contributed by atoms with Crippen molar-refractivity contribution < 1.29 is 4.79 Å². The number of anilines is 1. The summed E-state index contributed by atoms with van der Waals surface area (Å²) in [5, 5.41) is 1.72. The number of nitrogens with one attached hydrogen (secondary N) is 1. The van der Waals surface area contributed by atoms with Crippen LogP contribution in [0, 0.1) is 5.92 Å². The standard InChI is InChI=1S/C27H22N2O/c30-26-27(21-13-5-1-6-14-21,22-15-7-2-8-16-22)24-19-11-4-12-20-25(24)29(26)28-23-17-9-3-10-18-23/h1-20,24,28H. The average Bonchev–Trinajstić information content (AvgIpc) is 2.95. The van der Waals surface area contributed by atoms with Gasteiger partial charge in [0.25, 0.3) is 5.91 Å². The van der Waals surface area contributed by atoms with Gasteiger partial charge in [-0.1, -0.05) is 103 Å². The fraction of sp³-hybridized carbons (Fsp3) is 0.0741. The number of hydrazine groups is 1. The Balaban J connectivity index is 1.75. The Morgan fingerprint density at radius 1 is 0.700 bits per heavy atom. The molecule has 3 nitrogen and oxygen atoms in total. The van der Waals surface area contributed by atoms with Crippen molar-refractivity contribution in [3.63, 3.8) is 0 Å². The molecule has 1 amide bonds. The van der Waals surface area contributed by atoms with E-state index in [0.717, 1.165) is 22.5 Å². The second-order valence-electron chi connectivity index (χ2n) is 7.50. The number of carbonyl (C=O) groups is 1. The van der Waals surface area contributed by atoms with E-state index in [1.165, 1.54) is 0 Å². The Bertz CT molecular complexity index is 1090. The lowest BCUT2D eigenvalue weighted by Crippen LogP contribution is -2.43. The zero-order chi connectivity index (χ0) is 20.4. The maximum atomic E-state index is 14.3. The van der Waals surface area contributed by atoms with Crippen molar-refractivity contribution in [2.45, 2.75) is 5.41 Å². The zero-order valence-electron chi connectivity index (χ0n) is 16.5. The van der Waals surface area contributed by atoms with Crippen LogP contribution in [0.3, 0.4) is 0 Å². The monoisotopic (exact) mass is 390 g/mol. The van der Waals surface area contributed by atoms with Crippen LogP contribution in [0.2, 0.25) is 0 Å². The maximum Gasteiger partial charge on any atom is 0.261 e. The van der Waals surface area contributed by atoms with Crippen LogP contribution >= 0.6 is 0 Å². The van der Waals surface area contributed by atoms with Gasteiger partial charge in [-0.15, -0.1) is 0 Å². The van der Waals surface area contributed by atoms with Gasteiger partial charge >= 0.3 is 0 Å². The summed E-state index contributed by atoms with van der Waals surface area (Å²) in [5.41, 5.74) is 6.29. The van der Waals surface area contributed by atoms with Gasteiger partial charge < -0.3 is 0 Å². The molecule has 1 heterocycles. The molecule has 0 radical (unpaired) electrons. The fourth-order valence-corrected chi connectivity index (χ4v) is 4.53. The van der Waals surface area contributed by atoms with Crippen molar-refractivity contribution in [3.05, 3.63) is 138 Å². The minimum atomic E-state index is -0.849. The number of nitrogens with zero attached hydrogens (tertiary/aromatic N) is 1. The molecule has 0 bridgehead atoms. The number of amides is 1. The summed E-state index contributed by atoms with van der Waals surface area (Å²) >= 11 is 0. The molecule has 1 atom stereocenters. The molecule has 3 heteroatoms. The second-order valence-corrected chi connectivity index (χ2v) is 7.50. The molecule has 1 aliphatic carbocycles. The van der Waals surface area contributed by atoms with Gasteiger partial charge in [0.2, 0.25) is 0 Å². The van der Waals surface area contributed by atoms with E-state index in [0.29, 0.717) is 0 Å². The Labute approximate surface area is 176 Å². The van der Waals surface area contributed by atoms with E-state index >= 15 is 0 Å². The summed E-state index contributed by atoms with van der Waals surface area (Å²) in [7, 11) is 0. The predicted molar refractivity (Wildman–Crippen MR) is 120 cm³/mol. The normalized spacial score (nSPS) is 19.2. The molecule has 1 unspecified atom stereocenters. The highest BCUT2D eigenvalue weighted by Gasteiger charge is 2.58. The topological polar surface area (TPSA) is 32.3 Å². The minimum absolute atomic E-state index is 0.0138. The van der Waals surface area contributed by atoms with Crippen molar-refractivity contribution >= 4 is 11.6 Å². The summed E-state index contributed by atoms with van der Waals surface area (Å²) in [4.78, 5) is 14.3. The molecular formula is C27H22N2O. The van der Waals surface area contributed by atoms with Crippen LogP contribution in [-0.4, -0.2) is 10.9 Å². The molecule has 30 heavy (non-hydrogen) atoms. The van der Waals surface area contributed by atoms with Crippen LogP contribution in [0.4, 0.5) is 5.69 Å². The first-order valence-corrected chi connectivity index (χ1v) is 10.1.